The van der Waals surface area contributed by atoms with Crippen molar-refractivity contribution in [2.75, 3.05) is 33.5 Å². The second kappa shape index (κ2) is 10.1. The molecule has 1 aromatic rings. The number of aryl methyl sites for hydroxylation is 1. The SMILES string of the molecule is CCCOCCCn1cncc1CNCCOC. The van der Waals surface area contributed by atoms with Gasteiger partial charge in [0.2, 0.25) is 0 Å². The van der Waals surface area contributed by atoms with Gasteiger partial charge in [-0.1, -0.05) is 6.92 Å². The minimum absolute atomic E-state index is 0.735. The molecule has 0 unspecified atom stereocenters. The van der Waals surface area contributed by atoms with E-state index in [1.54, 1.807) is 7.11 Å². The summed E-state index contributed by atoms with van der Waals surface area (Å²) in [4.78, 5) is 4.19. The average Bonchev–Trinajstić information content (AvgIpc) is 2.82. The summed E-state index contributed by atoms with van der Waals surface area (Å²) in [5, 5.41) is 3.32. The van der Waals surface area contributed by atoms with Gasteiger partial charge in [0, 0.05) is 46.2 Å². The average molecular weight is 255 g/mol. The van der Waals surface area contributed by atoms with Gasteiger partial charge in [-0.25, -0.2) is 4.98 Å². The van der Waals surface area contributed by atoms with Gasteiger partial charge in [0.1, 0.15) is 0 Å². The Hall–Kier alpha value is -0.910. The van der Waals surface area contributed by atoms with Gasteiger partial charge in [-0.15, -0.1) is 0 Å². The maximum atomic E-state index is 5.47. The van der Waals surface area contributed by atoms with Crippen LogP contribution < -0.4 is 5.32 Å². The predicted molar refractivity (Wildman–Crippen MR) is 71.5 cm³/mol. The second-order valence-corrected chi connectivity index (χ2v) is 4.21. The standard InChI is InChI=1S/C13H25N3O2/c1-3-7-18-8-4-6-16-12-15-11-13(16)10-14-5-9-17-2/h11-12,14H,3-10H2,1-2H3. The van der Waals surface area contributed by atoms with E-state index in [0.717, 1.165) is 52.3 Å². The highest BCUT2D eigenvalue weighted by Crippen LogP contribution is 2.01. The van der Waals surface area contributed by atoms with E-state index < -0.39 is 0 Å². The van der Waals surface area contributed by atoms with Crippen LogP contribution in [0.3, 0.4) is 0 Å². The summed E-state index contributed by atoms with van der Waals surface area (Å²) in [6.45, 7) is 7.20. The summed E-state index contributed by atoms with van der Waals surface area (Å²) in [6.07, 6.45) is 5.90. The molecule has 0 radical (unpaired) electrons. The number of aromatic nitrogens is 2. The highest BCUT2D eigenvalue weighted by molar-refractivity contribution is 4.97. The number of hydrogen-bond acceptors (Lipinski definition) is 4. The normalized spacial score (nSPS) is 11.0. The Balaban J connectivity index is 2.18. The van der Waals surface area contributed by atoms with E-state index in [-0.39, 0.29) is 0 Å². The molecular weight excluding hydrogens is 230 g/mol. The Morgan fingerprint density at radius 1 is 1.33 bits per heavy atom. The maximum Gasteiger partial charge on any atom is 0.0948 e. The first kappa shape index (κ1) is 15.1. The van der Waals surface area contributed by atoms with E-state index in [1.165, 1.54) is 5.69 Å². The number of rotatable bonds is 11. The number of nitrogens with zero attached hydrogens (tertiary/aromatic N) is 2. The van der Waals surface area contributed by atoms with Gasteiger partial charge < -0.3 is 19.4 Å². The zero-order chi connectivity index (χ0) is 13.1. The zero-order valence-corrected chi connectivity index (χ0v) is 11.5. The Morgan fingerprint density at radius 3 is 3.00 bits per heavy atom. The van der Waals surface area contributed by atoms with Crippen molar-refractivity contribution in [3.8, 4) is 0 Å². The maximum absolute atomic E-state index is 5.47. The molecule has 0 aliphatic carbocycles. The molecule has 0 atom stereocenters. The first-order valence-corrected chi connectivity index (χ1v) is 6.65. The molecule has 0 amide bonds. The van der Waals surface area contributed by atoms with Crippen LogP contribution in [-0.4, -0.2) is 43.0 Å². The van der Waals surface area contributed by atoms with Gasteiger partial charge in [-0.2, -0.15) is 0 Å². The highest BCUT2D eigenvalue weighted by Gasteiger charge is 2.01. The van der Waals surface area contributed by atoms with Gasteiger partial charge in [-0.05, 0) is 12.8 Å². The molecule has 0 fully saturated rings. The smallest absolute Gasteiger partial charge is 0.0948 e. The summed E-state index contributed by atoms with van der Waals surface area (Å²) in [5.41, 5.74) is 1.21. The van der Waals surface area contributed by atoms with Crippen molar-refractivity contribution >= 4 is 0 Å². The van der Waals surface area contributed by atoms with Crippen LogP contribution in [0.5, 0.6) is 0 Å². The Morgan fingerprint density at radius 2 is 2.22 bits per heavy atom. The Labute approximate surface area is 109 Å². The summed E-state index contributed by atoms with van der Waals surface area (Å²) in [6, 6.07) is 0. The molecule has 1 N–H and O–H groups in total. The minimum atomic E-state index is 0.735. The van der Waals surface area contributed by atoms with Crippen molar-refractivity contribution in [3.05, 3.63) is 18.2 Å². The molecule has 18 heavy (non-hydrogen) atoms. The molecule has 0 aliphatic rings. The van der Waals surface area contributed by atoms with Crippen molar-refractivity contribution in [2.24, 2.45) is 0 Å². The molecule has 5 heteroatoms. The fourth-order valence-electron chi connectivity index (χ4n) is 1.67. The third-order valence-corrected chi connectivity index (χ3v) is 2.62. The molecule has 5 nitrogen and oxygen atoms in total. The van der Waals surface area contributed by atoms with Crippen molar-refractivity contribution < 1.29 is 9.47 Å². The van der Waals surface area contributed by atoms with E-state index in [4.69, 9.17) is 9.47 Å². The number of imidazole rings is 1. The lowest BCUT2D eigenvalue weighted by Crippen LogP contribution is -2.20. The van der Waals surface area contributed by atoms with Crippen molar-refractivity contribution in [3.63, 3.8) is 0 Å². The Bertz CT molecular complexity index is 302. The van der Waals surface area contributed by atoms with Crippen LogP contribution in [0.2, 0.25) is 0 Å². The van der Waals surface area contributed by atoms with Crippen LogP contribution >= 0.6 is 0 Å². The molecule has 0 aliphatic heterocycles. The highest BCUT2D eigenvalue weighted by atomic mass is 16.5. The third kappa shape index (κ3) is 6.14. The quantitative estimate of drug-likeness (QED) is 0.608. The summed E-state index contributed by atoms with van der Waals surface area (Å²) >= 11 is 0. The molecule has 0 saturated heterocycles. The lowest BCUT2D eigenvalue weighted by atomic mass is 10.4. The first-order chi connectivity index (χ1) is 8.88. The molecular formula is C13H25N3O2. The molecule has 0 aromatic carbocycles. The molecule has 1 aromatic heterocycles. The summed E-state index contributed by atoms with van der Waals surface area (Å²) in [5.74, 6) is 0. The van der Waals surface area contributed by atoms with Gasteiger partial charge in [0.25, 0.3) is 0 Å². The number of hydrogen-bond donors (Lipinski definition) is 1. The van der Waals surface area contributed by atoms with Crippen LogP contribution in [0, 0.1) is 0 Å². The van der Waals surface area contributed by atoms with E-state index in [2.05, 4.69) is 21.8 Å². The fourth-order valence-corrected chi connectivity index (χ4v) is 1.67. The van der Waals surface area contributed by atoms with E-state index in [0.29, 0.717) is 0 Å². The molecule has 1 heterocycles. The predicted octanol–water partition coefficient (Wildman–Crippen LogP) is 1.44. The van der Waals surface area contributed by atoms with Crippen LogP contribution in [0.25, 0.3) is 0 Å². The number of nitrogens with one attached hydrogen (secondary N) is 1. The lowest BCUT2D eigenvalue weighted by Gasteiger charge is -2.09. The molecule has 1 rings (SSSR count). The van der Waals surface area contributed by atoms with Gasteiger partial charge in [0.05, 0.1) is 18.6 Å². The first-order valence-electron chi connectivity index (χ1n) is 6.65. The second-order valence-electron chi connectivity index (χ2n) is 4.21. The summed E-state index contributed by atoms with van der Waals surface area (Å²) < 4.78 is 12.6. The van der Waals surface area contributed by atoms with Crippen molar-refractivity contribution in [1.82, 2.24) is 14.9 Å². The Kier molecular flexibility index (Phi) is 8.46. The van der Waals surface area contributed by atoms with Gasteiger partial charge >= 0.3 is 0 Å². The minimum Gasteiger partial charge on any atom is -0.383 e. The van der Waals surface area contributed by atoms with Crippen LogP contribution in [0.1, 0.15) is 25.5 Å². The molecule has 0 bridgehead atoms. The largest absolute Gasteiger partial charge is 0.383 e. The van der Waals surface area contributed by atoms with Crippen LogP contribution in [0.15, 0.2) is 12.5 Å². The topological polar surface area (TPSA) is 48.3 Å². The zero-order valence-electron chi connectivity index (χ0n) is 11.5. The van der Waals surface area contributed by atoms with Gasteiger partial charge in [0.15, 0.2) is 0 Å². The molecule has 0 saturated carbocycles. The molecule has 0 spiro atoms. The van der Waals surface area contributed by atoms with E-state index in [1.807, 2.05) is 12.5 Å². The fraction of sp³-hybridized carbons (Fsp3) is 0.769. The molecule has 104 valence electrons. The monoisotopic (exact) mass is 255 g/mol. The van der Waals surface area contributed by atoms with E-state index >= 15 is 0 Å². The van der Waals surface area contributed by atoms with Gasteiger partial charge in [-0.3, -0.25) is 0 Å². The third-order valence-electron chi connectivity index (χ3n) is 2.62. The van der Waals surface area contributed by atoms with Crippen molar-refractivity contribution in [2.45, 2.75) is 32.9 Å². The van der Waals surface area contributed by atoms with E-state index in [9.17, 15) is 0 Å². The lowest BCUT2D eigenvalue weighted by molar-refractivity contribution is 0.129. The van der Waals surface area contributed by atoms with Crippen LogP contribution in [-0.2, 0) is 22.6 Å². The van der Waals surface area contributed by atoms with Crippen LogP contribution in [0.4, 0.5) is 0 Å². The van der Waals surface area contributed by atoms with Crippen molar-refractivity contribution in [1.29, 1.82) is 0 Å². The number of ether oxygens (including phenoxy) is 2. The summed E-state index contributed by atoms with van der Waals surface area (Å²) in [7, 11) is 1.71. The number of methoxy groups -OCH3 is 1.